The molecule has 1 saturated heterocycles. The van der Waals surface area contributed by atoms with Crippen molar-refractivity contribution in [1.82, 2.24) is 4.90 Å². The molecule has 3 rings (SSSR count). The van der Waals surface area contributed by atoms with Crippen molar-refractivity contribution < 1.29 is 19.4 Å². The molecule has 0 bridgehead atoms. The van der Waals surface area contributed by atoms with Gasteiger partial charge in [0.25, 0.3) is 0 Å². The number of hydrogen-bond acceptors (Lipinski definition) is 5. The first-order valence-corrected chi connectivity index (χ1v) is 9.58. The number of aliphatic carboxylic acids is 1. The van der Waals surface area contributed by atoms with Crippen molar-refractivity contribution in [2.24, 2.45) is 5.92 Å². The quantitative estimate of drug-likeness (QED) is 0.754. The number of anilines is 1. The Labute approximate surface area is 154 Å². The predicted octanol–water partition coefficient (Wildman–Crippen LogP) is 2.66. The minimum absolute atomic E-state index is 0.0847. The van der Waals surface area contributed by atoms with Gasteiger partial charge in [-0.1, -0.05) is 6.92 Å². The maximum Gasteiger partial charge on any atom is 0.307 e. The van der Waals surface area contributed by atoms with Gasteiger partial charge in [0.15, 0.2) is 5.78 Å². The standard InChI is InChI=1S/C20H28N2O4/c1-2-8-22-11-12-26-19-13-15(5-6-17(19)22)18(23)7-10-21-9-3-4-16(14-21)20(24)25/h5-6,13,16H,2-4,7-12,14H2,1H3,(H,24,25). The van der Waals surface area contributed by atoms with Gasteiger partial charge >= 0.3 is 5.97 Å². The van der Waals surface area contributed by atoms with E-state index in [1.807, 2.05) is 18.2 Å². The Kier molecular flexibility index (Phi) is 6.14. The molecule has 0 aliphatic carbocycles. The van der Waals surface area contributed by atoms with Crippen LogP contribution in [-0.4, -0.2) is 61.1 Å². The monoisotopic (exact) mass is 360 g/mol. The van der Waals surface area contributed by atoms with Crippen LogP contribution in [0.15, 0.2) is 18.2 Å². The Balaban J connectivity index is 1.59. The molecule has 1 N–H and O–H groups in total. The number of benzene rings is 1. The number of carbonyl (C=O) groups excluding carboxylic acids is 1. The van der Waals surface area contributed by atoms with Crippen LogP contribution in [-0.2, 0) is 4.79 Å². The SMILES string of the molecule is CCCN1CCOc2cc(C(=O)CCN3CCCC(C(=O)O)C3)ccc21. The molecule has 6 heteroatoms. The fraction of sp³-hybridized carbons (Fsp3) is 0.600. The molecule has 0 saturated carbocycles. The second-order valence-corrected chi connectivity index (χ2v) is 7.17. The second-order valence-electron chi connectivity index (χ2n) is 7.17. The summed E-state index contributed by atoms with van der Waals surface area (Å²) in [5, 5.41) is 9.17. The number of piperidine rings is 1. The lowest BCUT2D eigenvalue weighted by Crippen LogP contribution is -2.39. The van der Waals surface area contributed by atoms with Crippen molar-refractivity contribution in [2.45, 2.75) is 32.6 Å². The van der Waals surface area contributed by atoms with Gasteiger partial charge in [0, 0.05) is 31.6 Å². The van der Waals surface area contributed by atoms with Crippen LogP contribution in [0.4, 0.5) is 5.69 Å². The van der Waals surface area contributed by atoms with E-state index in [9.17, 15) is 14.7 Å². The molecule has 0 aromatic heterocycles. The fourth-order valence-electron chi connectivity index (χ4n) is 3.82. The third-order valence-corrected chi connectivity index (χ3v) is 5.24. The van der Waals surface area contributed by atoms with Crippen LogP contribution in [0.3, 0.4) is 0 Å². The van der Waals surface area contributed by atoms with E-state index >= 15 is 0 Å². The number of carboxylic acid groups (broad SMARTS) is 1. The van der Waals surface area contributed by atoms with Crippen LogP contribution in [0.5, 0.6) is 5.75 Å². The summed E-state index contributed by atoms with van der Waals surface area (Å²) in [6.45, 7) is 6.70. The van der Waals surface area contributed by atoms with E-state index < -0.39 is 5.97 Å². The zero-order chi connectivity index (χ0) is 18.5. The molecule has 0 radical (unpaired) electrons. The minimum Gasteiger partial charge on any atom is -0.490 e. The largest absolute Gasteiger partial charge is 0.490 e. The van der Waals surface area contributed by atoms with E-state index in [0.717, 1.165) is 50.3 Å². The zero-order valence-corrected chi connectivity index (χ0v) is 15.4. The van der Waals surface area contributed by atoms with E-state index in [-0.39, 0.29) is 11.7 Å². The van der Waals surface area contributed by atoms with Crippen LogP contribution in [0.25, 0.3) is 0 Å². The molecule has 26 heavy (non-hydrogen) atoms. The lowest BCUT2D eigenvalue weighted by atomic mass is 9.97. The highest BCUT2D eigenvalue weighted by Crippen LogP contribution is 2.33. The Morgan fingerprint density at radius 2 is 2.12 bits per heavy atom. The Bertz CT molecular complexity index is 661. The zero-order valence-electron chi connectivity index (χ0n) is 15.4. The number of rotatable bonds is 7. The van der Waals surface area contributed by atoms with Crippen molar-refractivity contribution >= 4 is 17.4 Å². The summed E-state index contributed by atoms with van der Waals surface area (Å²) < 4.78 is 5.76. The van der Waals surface area contributed by atoms with Gasteiger partial charge in [0.2, 0.25) is 0 Å². The molecule has 142 valence electrons. The van der Waals surface area contributed by atoms with Gasteiger partial charge in [-0.3, -0.25) is 9.59 Å². The summed E-state index contributed by atoms with van der Waals surface area (Å²) in [6, 6.07) is 5.73. The van der Waals surface area contributed by atoms with Crippen LogP contribution >= 0.6 is 0 Å². The Morgan fingerprint density at radius 1 is 1.27 bits per heavy atom. The van der Waals surface area contributed by atoms with E-state index in [2.05, 4.69) is 16.7 Å². The average molecular weight is 360 g/mol. The number of carbonyl (C=O) groups is 2. The molecule has 2 aliphatic heterocycles. The van der Waals surface area contributed by atoms with Gasteiger partial charge < -0.3 is 19.6 Å². The number of likely N-dealkylation sites (tertiary alicyclic amines) is 1. The van der Waals surface area contributed by atoms with E-state index in [1.54, 1.807) is 0 Å². The summed E-state index contributed by atoms with van der Waals surface area (Å²) in [4.78, 5) is 28.1. The highest BCUT2D eigenvalue weighted by atomic mass is 16.5. The number of ether oxygens (including phenoxy) is 1. The number of carboxylic acids is 1. The van der Waals surface area contributed by atoms with Gasteiger partial charge in [-0.05, 0) is 44.0 Å². The van der Waals surface area contributed by atoms with Crippen LogP contribution < -0.4 is 9.64 Å². The van der Waals surface area contributed by atoms with Crippen molar-refractivity contribution in [3.05, 3.63) is 23.8 Å². The number of Topliss-reactive ketones (excluding diaryl/α,β-unsaturated/α-hetero) is 1. The number of fused-ring (bicyclic) bond motifs is 1. The van der Waals surface area contributed by atoms with Gasteiger partial charge in [-0.2, -0.15) is 0 Å². The van der Waals surface area contributed by atoms with E-state index in [4.69, 9.17) is 4.74 Å². The van der Waals surface area contributed by atoms with Crippen molar-refractivity contribution in [3.63, 3.8) is 0 Å². The van der Waals surface area contributed by atoms with Crippen LogP contribution in [0.1, 0.15) is 43.0 Å². The predicted molar refractivity (Wildman–Crippen MR) is 100 cm³/mol. The van der Waals surface area contributed by atoms with Gasteiger partial charge in [0.05, 0.1) is 18.2 Å². The molecule has 1 unspecified atom stereocenters. The molecule has 1 aromatic carbocycles. The molecule has 0 amide bonds. The van der Waals surface area contributed by atoms with Crippen molar-refractivity contribution in [2.75, 3.05) is 44.2 Å². The Hall–Kier alpha value is -2.08. The fourth-order valence-corrected chi connectivity index (χ4v) is 3.82. The van der Waals surface area contributed by atoms with Gasteiger partial charge in [-0.25, -0.2) is 0 Å². The summed E-state index contributed by atoms with van der Waals surface area (Å²) >= 11 is 0. The smallest absolute Gasteiger partial charge is 0.307 e. The topological polar surface area (TPSA) is 70.1 Å². The van der Waals surface area contributed by atoms with Crippen molar-refractivity contribution in [1.29, 1.82) is 0 Å². The molecule has 0 spiro atoms. The first-order chi connectivity index (χ1) is 12.6. The maximum atomic E-state index is 12.6. The van der Waals surface area contributed by atoms with E-state index in [0.29, 0.717) is 31.7 Å². The molecule has 1 atom stereocenters. The first-order valence-electron chi connectivity index (χ1n) is 9.58. The lowest BCUT2D eigenvalue weighted by molar-refractivity contribution is -0.143. The van der Waals surface area contributed by atoms with Gasteiger partial charge in [-0.15, -0.1) is 0 Å². The molecule has 2 aliphatic rings. The first kappa shape index (κ1) is 18.7. The van der Waals surface area contributed by atoms with Crippen LogP contribution in [0.2, 0.25) is 0 Å². The molecule has 6 nitrogen and oxygen atoms in total. The molecule has 2 heterocycles. The highest BCUT2D eigenvalue weighted by molar-refractivity contribution is 5.97. The summed E-state index contributed by atoms with van der Waals surface area (Å²) in [5.74, 6) is -0.161. The minimum atomic E-state index is -0.732. The number of hydrogen-bond donors (Lipinski definition) is 1. The lowest BCUT2D eigenvalue weighted by Gasteiger charge is -2.31. The molecule has 1 fully saturated rings. The summed E-state index contributed by atoms with van der Waals surface area (Å²) in [6.07, 6.45) is 3.10. The third kappa shape index (κ3) is 4.36. The number of ketones is 1. The summed E-state index contributed by atoms with van der Waals surface area (Å²) in [7, 11) is 0. The number of nitrogens with zero attached hydrogens (tertiary/aromatic N) is 2. The molecular weight excluding hydrogens is 332 g/mol. The highest BCUT2D eigenvalue weighted by Gasteiger charge is 2.26. The Morgan fingerprint density at radius 3 is 2.88 bits per heavy atom. The second kappa shape index (κ2) is 8.54. The average Bonchev–Trinajstić information content (AvgIpc) is 2.66. The molecule has 1 aromatic rings. The van der Waals surface area contributed by atoms with E-state index in [1.165, 1.54) is 0 Å². The van der Waals surface area contributed by atoms with Crippen LogP contribution in [0, 0.1) is 5.92 Å². The van der Waals surface area contributed by atoms with Gasteiger partial charge in [0.1, 0.15) is 12.4 Å². The third-order valence-electron chi connectivity index (χ3n) is 5.24. The normalized spacial score (nSPS) is 20.3. The summed E-state index contributed by atoms with van der Waals surface area (Å²) in [5.41, 5.74) is 1.74. The molecular formula is C20H28N2O4. The van der Waals surface area contributed by atoms with Crippen molar-refractivity contribution in [3.8, 4) is 5.75 Å². The maximum absolute atomic E-state index is 12.6.